The van der Waals surface area contributed by atoms with Crippen molar-refractivity contribution in [3.8, 4) is 11.5 Å². The summed E-state index contributed by atoms with van der Waals surface area (Å²) in [4.78, 5) is 17.4. The van der Waals surface area contributed by atoms with Crippen LogP contribution in [0.1, 0.15) is 22.0 Å². The first-order valence-electron chi connectivity index (χ1n) is 8.51. The summed E-state index contributed by atoms with van der Waals surface area (Å²) in [7, 11) is 5.13. The van der Waals surface area contributed by atoms with E-state index in [1.807, 2.05) is 23.1 Å². The number of amides is 1. The average molecular weight is 375 g/mol. The molecule has 6 heteroatoms. The topological polar surface area (TPSA) is 42.0 Å². The van der Waals surface area contributed by atoms with E-state index in [0.717, 1.165) is 18.7 Å². The van der Waals surface area contributed by atoms with Gasteiger partial charge in [-0.1, -0.05) is 41.9 Å². The predicted molar refractivity (Wildman–Crippen MR) is 102 cm³/mol. The lowest BCUT2D eigenvalue weighted by atomic mass is 10.0. The fourth-order valence-electron chi connectivity index (χ4n) is 3.33. The first-order valence-corrected chi connectivity index (χ1v) is 8.89. The summed E-state index contributed by atoms with van der Waals surface area (Å²) < 4.78 is 10.6. The van der Waals surface area contributed by atoms with Gasteiger partial charge in [-0.3, -0.25) is 4.79 Å². The molecule has 0 saturated carbocycles. The maximum atomic E-state index is 13.3. The molecule has 0 aliphatic carbocycles. The number of carbonyl (C=O) groups excluding carboxylic acids is 1. The summed E-state index contributed by atoms with van der Waals surface area (Å²) >= 11 is 6.29. The highest BCUT2D eigenvalue weighted by Gasteiger charge is 2.31. The Labute approximate surface area is 159 Å². The Kier molecular flexibility index (Phi) is 5.69. The molecular formula is C20H23ClN2O3. The summed E-state index contributed by atoms with van der Waals surface area (Å²) in [5.41, 5.74) is 1.62. The van der Waals surface area contributed by atoms with Crippen molar-refractivity contribution < 1.29 is 14.3 Å². The number of hydrogen-bond acceptors (Lipinski definition) is 4. The SMILES string of the molecule is COc1cc(C(=O)N2CCN(C)CC2c2ccccc2)cc(Cl)c1OC. The van der Waals surface area contributed by atoms with Gasteiger partial charge in [0.1, 0.15) is 0 Å². The summed E-state index contributed by atoms with van der Waals surface area (Å²) in [5.74, 6) is 0.826. The summed E-state index contributed by atoms with van der Waals surface area (Å²) in [5, 5.41) is 0.362. The number of methoxy groups -OCH3 is 2. The lowest BCUT2D eigenvalue weighted by molar-refractivity contribution is 0.0497. The molecule has 0 bridgehead atoms. The van der Waals surface area contributed by atoms with Gasteiger partial charge in [0.05, 0.1) is 25.3 Å². The van der Waals surface area contributed by atoms with Gasteiger partial charge in [-0.2, -0.15) is 0 Å². The summed E-state index contributed by atoms with van der Waals surface area (Å²) in [6.45, 7) is 2.27. The lowest BCUT2D eigenvalue weighted by Crippen LogP contribution is -2.49. The van der Waals surface area contributed by atoms with E-state index in [1.165, 1.54) is 14.2 Å². The van der Waals surface area contributed by atoms with Gasteiger partial charge in [0.2, 0.25) is 0 Å². The fraction of sp³-hybridized carbons (Fsp3) is 0.350. The lowest BCUT2D eigenvalue weighted by Gasteiger charge is -2.40. The third kappa shape index (κ3) is 3.64. The normalized spacial score (nSPS) is 17.8. The number of rotatable bonds is 4. The van der Waals surface area contributed by atoms with Crippen molar-refractivity contribution in [3.63, 3.8) is 0 Å². The van der Waals surface area contributed by atoms with Crippen LogP contribution in [0.25, 0.3) is 0 Å². The molecule has 0 N–H and O–H groups in total. The highest BCUT2D eigenvalue weighted by molar-refractivity contribution is 6.32. The largest absolute Gasteiger partial charge is 0.493 e. The maximum absolute atomic E-state index is 13.3. The fourth-order valence-corrected chi connectivity index (χ4v) is 3.62. The number of carbonyl (C=O) groups is 1. The molecule has 138 valence electrons. The van der Waals surface area contributed by atoms with Gasteiger partial charge in [0.25, 0.3) is 5.91 Å². The number of likely N-dealkylation sites (N-methyl/N-ethyl adjacent to an activating group) is 1. The molecule has 5 nitrogen and oxygen atoms in total. The van der Waals surface area contributed by atoms with Crippen LogP contribution in [0.2, 0.25) is 5.02 Å². The van der Waals surface area contributed by atoms with E-state index in [1.54, 1.807) is 12.1 Å². The molecule has 1 fully saturated rings. The van der Waals surface area contributed by atoms with Gasteiger partial charge in [-0.15, -0.1) is 0 Å². The van der Waals surface area contributed by atoms with Gasteiger partial charge in [0.15, 0.2) is 11.5 Å². The molecule has 0 radical (unpaired) electrons. The van der Waals surface area contributed by atoms with Crippen LogP contribution in [0.4, 0.5) is 0 Å². The molecule has 1 saturated heterocycles. The first kappa shape index (κ1) is 18.5. The van der Waals surface area contributed by atoms with Gasteiger partial charge in [0, 0.05) is 25.2 Å². The number of hydrogen-bond donors (Lipinski definition) is 0. The minimum atomic E-state index is -0.0604. The van der Waals surface area contributed by atoms with E-state index in [0.29, 0.717) is 28.6 Å². The standard InChI is InChI=1S/C20H23ClN2O3/c1-22-9-10-23(17(13-22)14-7-5-4-6-8-14)20(24)15-11-16(21)19(26-3)18(12-15)25-2/h4-8,11-12,17H,9-10,13H2,1-3H3. The third-order valence-electron chi connectivity index (χ3n) is 4.71. The highest BCUT2D eigenvalue weighted by atomic mass is 35.5. The summed E-state index contributed by atoms with van der Waals surface area (Å²) in [6.07, 6.45) is 0. The van der Waals surface area contributed by atoms with E-state index in [9.17, 15) is 4.79 Å². The summed E-state index contributed by atoms with van der Waals surface area (Å²) in [6, 6.07) is 13.4. The van der Waals surface area contributed by atoms with Crippen LogP contribution in [0.5, 0.6) is 11.5 Å². The van der Waals surface area contributed by atoms with Gasteiger partial charge >= 0.3 is 0 Å². The second-order valence-corrected chi connectivity index (χ2v) is 6.79. The smallest absolute Gasteiger partial charge is 0.254 e. The molecule has 1 heterocycles. The Hall–Kier alpha value is -2.24. The number of halogens is 1. The van der Waals surface area contributed by atoms with Crippen LogP contribution < -0.4 is 9.47 Å². The minimum absolute atomic E-state index is 0.00526. The Morgan fingerprint density at radius 3 is 2.50 bits per heavy atom. The molecular weight excluding hydrogens is 352 g/mol. The quantitative estimate of drug-likeness (QED) is 0.821. The van der Waals surface area contributed by atoms with Gasteiger partial charge in [-0.25, -0.2) is 0 Å². The van der Waals surface area contributed by atoms with E-state index in [-0.39, 0.29) is 11.9 Å². The van der Waals surface area contributed by atoms with E-state index >= 15 is 0 Å². The Bertz CT molecular complexity index is 782. The zero-order chi connectivity index (χ0) is 18.7. The van der Waals surface area contributed by atoms with Crippen molar-refractivity contribution >= 4 is 17.5 Å². The van der Waals surface area contributed by atoms with Crippen LogP contribution in [-0.2, 0) is 0 Å². The zero-order valence-electron chi connectivity index (χ0n) is 15.2. The minimum Gasteiger partial charge on any atom is -0.493 e. The van der Waals surface area contributed by atoms with Crippen LogP contribution in [0, 0.1) is 0 Å². The van der Waals surface area contributed by atoms with Crippen molar-refractivity contribution in [1.29, 1.82) is 0 Å². The molecule has 1 atom stereocenters. The molecule has 26 heavy (non-hydrogen) atoms. The molecule has 1 aliphatic rings. The number of nitrogens with zero attached hydrogens (tertiary/aromatic N) is 2. The first-order chi connectivity index (χ1) is 12.5. The molecule has 1 unspecified atom stereocenters. The number of ether oxygens (including phenoxy) is 2. The van der Waals surface area contributed by atoms with Crippen molar-refractivity contribution in [2.24, 2.45) is 0 Å². The number of piperazine rings is 1. The molecule has 3 rings (SSSR count). The van der Waals surface area contributed by atoms with Crippen molar-refractivity contribution in [2.45, 2.75) is 6.04 Å². The monoisotopic (exact) mass is 374 g/mol. The van der Waals surface area contributed by atoms with E-state index in [4.69, 9.17) is 21.1 Å². The van der Waals surface area contributed by atoms with Gasteiger partial charge < -0.3 is 19.3 Å². The van der Waals surface area contributed by atoms with Gasteiger partial charge in [-0.05, 0) is 24.7 Å². The Balaban J connectivity index is 1.96. The highest BCUT2D eigenvalue weighted by Crippen LogP contribution is 2.37. The Morgan fingerprint density at radius 2 is 1.85 bits per heavy atom. The molecule has 1 aliphatic heterocycles. The van der Waals surface area contributed by atoms with Crippen molar-refractivity contribution in [1.82, 2.24) is 9.80 Å². The predicted octanol–water partition coefficient (Wildman–Crippen LogP) is 3.49. The third-order valence-corrected chi connectivity index (χ3v) is 4.99. The molecule has 1 amide bonds. The van der Waals surface area contributed by atoms with E-state index < -0.39 is 0 Å². The van der Waals surface area contributed by atoms with Crippen LogP contribution in [0.15, 0.2) is 42.5 Å². The van der Waals surface area contributed by atoms with Crippen LogP contribution in [0.3, 0.4) is 0 Å². The average Bonchev–Trinajstić information content (AvgIpc) is 2.67. The van der Waals surface area contributed by atoms with E-state index in [2.05, 4.69) is 24.1 Å². The van der Waals surface area contributed by atoms with Crippen molar-refractivity contribution in [2.75, 3.05) is 40.9 Å². The zero-order valence-corrected chi connectivity index (χ0v) is 16.0. The van der Waals surface area contributed by atoms with Crippen LogP contribution >= 0.6 is 11.6 Å². The van der Waals surface area contributed by atoms with Crippen LogP contribution in [-0.4, -0.2) is 56.6 Å². The Morgan fingerprint density at radius 1 is 1.12 bits per heavy atom. The molecule has 2 aromatic carbocycles. The molecule has 0 aromatic heterocycles. The second kappa shape index (κ2) is 7.98. The molecule has 0 spiro atoms. The maximum Gasteiger partial charge on any atom is 0.254 e. The molecule has 2 aromatic rings. The number of benzene rings is 2. The van der Waals surface area contributed by atoms with Crippen molar-refractivity contribution in [3.05, 3.63) is 58.6 Å². The second-order valence-electron chi connectivity index (χ2n) is 6.38.